The van der Waals surface area contributed by atoms with Gasteiger partial charge in [-0.3, -0.25) is 19.2 Å². The molecule has 0 aromatic rings. The standard InChI is InChI=1S/C29H45N5O7/c1-27(2,3)21(32-26(41)33-29(25(39)40)12-7-6-8-13-29)24(38)34-14-16-17(28(16,4)5)19(34)23(37)31-18(15-10-9-11-15)20(35)22(30)36/h15-19,21H,6-14H2,1-5H3,(H2,30,36)(H,31,37)(H,39,40)(H2,32,33,41)/t16-,17-,18?,19-,21+/m0/s1. The zero-order valence-electron chi connectivity index (χ0n) is 24.7. The molecule has 0 aromatic heterocycles. The number of likely N-dealkylation sites (tertiary alicyclic amines) is 1. The smallest absolute Gasteiger partial charge is 0.329 e. The highest BCUT2D eigenvalue weighted by atomic mass is 16.4. The second-order valence-corrected chi connectivity index (χ2v) is 14.1. The van der Waals surface area contributed by atoms with E-state index in [1.807, 2.05) is 13.8 Å². The van der Waals surface area contributed by atoms with Crippen LogP contribution in [0.4, 0.5) is 4.79 Å². The fraction of sp³-hybridized carbons (Fsp3) is 0.793. The molecule has 0 radical (unpaired) electrons. The number of hydrogen-bond donors (Lipinski definition) is 5. The molecular formula is C29H45N5O7. The van der Waals surface area contributed by atoms with Gasteiger partial charge in [-0.1, -0.05) is 60.3 Å². The summed E-state index contributed by atoms with van der Waals surface area (Å²) in [5, 5.41) is 18.0. The van der Waals surface area contributed by atoms with Gasteiger partial charge < -0.3 is 31.7 Å². The maximum Gasteiger partial charge on any atom is 0.329 e. The molecule has 1 saturated heterocycles. The Balaban J connectivity index is 1.55. The highest BCUT2D eigenvalue weighted by Crippen LogP contribution is 2.65. The Bertz CT molecular complexity index is 1120. The molecule has 3 aliphatic carbocycles. The van der Waals surface area contributed by atoms with E-state index in [0.717, 1.165) is 12.8 Å². The van der Waals surface area contributed by atoms with E-state index in [4.69, 9.17) is 5.73 Å². The number of aliphatic carboxylic acids is 1. The fourth-order valence-electron chi connectivity index (χ4n) is 7.12. The van der Waals surface area contributed by atoms with Crippen LogP contribution < -0.4 is 21.7 Å². The van der Waals surface area contributed by atoms with E-state index >= 15 is 0 Å². The van der Waals surface area contributed by atoms with Crippen LogP contribution in [0.3, 0.4) is 0 Å². The predicted octanol–water partition coefficient (Wildman–Crippen LogP) is 1.31. The topological polar surface area (TPSA) is 188 Å². The number of hydrogen-bond acceptors (Lipinski definition) is 6. The van der Waals surface area contributed by atoms with Crippen LogP contribution in [0.2, 0.25) is 0 Å². The normalized spacial score (nSPS) is 27.8. The van der Waals surface area contributed by atoms with Gasteiger partial charge in [0.15, 0.2) is 0 Å². The Hall–Kier alpha value is -3.18. The number of amides is 5. The van der Waals surface area contributed by atoms with Crippen molar-refractivity contribution >= 4 is 35.5 Å². The molecule has 4 rings (SSSR count). The van der Waals surface area contributed by atoms with E-state index in [1.54, 1.807) is 20.8 Å². The van der Waals surface area contributed by atoms with E-state index in [0.29, 0.717) is 45.1 Å². The van der Waals surface area contributed by atoms with E-state index in [-0.39, 0.29) is 23.2 Å². The highest BCUT2D eigenvalue weighted by molar-refractivity contribution is 6.38. The van der Waals surface area contributed by atoms with Crippen molar-refractivity contribution in [3.8, 4) is 0 Å². The van der Waals surface area contributed by atoms with Crippen LogP contribution in [0.1, 0.15) is 86.0 Å². The molecule has 3 saturated carbocycles. The maximum atomic E-state index is 14.1. The van der Waals surface area contributed by atoms with Crippen LogP contribution in [0.5, 0.6) is 0 Å². The van der Waals surface area contributed by atoms with Gasteiger partial charge in [0.05, 0.1) is 0 Å². The summed E-state index contributed by atoms with van der Waals surface area (Å²) in [6.07, 6.45) is 5.14. The SMILES string of the molecule is CC(C)(C)[C@H](NC(=O)NC1(C(=O)O)CCCCC1)C(=O)N1C[C@H]2[C@@H]([C@H]1C(=O)NC(C(=O)C(N)=O)C1CCC1)C2(C)C. The van der Waals surface area contributed by atoms with E-state index in [9.17, 15) is 33.9 Å². The lowest BCUT2D eigenvalue weighted by Gasteiger charge is -2.40. The lowest BCUT2D eigenvalue weighted by Crippen LogP contribution is -2.64. The van der Waals surface area contributed by atoms with Gasteiger partial charge in [-0.2, -0.15) is 0 Å². The lowest BCUT2D eigenvalue weighted by molar-refractivity contribution is -0.146. The number of primary amides is 1. The molecule has 0 bridgehead atoms. The molecule has 5 atom stereocenters. The number of ketones is 1. The van der Waals surface area contributed by atoms with Gasteiger partial charge in [0.2, 0.25) is 17.6 Å². The number of urea groups is 1. The predicted molar refractivity (Wildman–Crippen MR) is 148 cm³/mol. The van der Waals surface area contributed by atoms with Crippen LogP contribution in [0, 0.1) is 28.6 Å². The summed E-state index contributed by atoms with van der Waals surface area (Å²) in [6.45, 7) is 9.74. The average molecular weight is 576 g/mol. The molecule has 6 N–H and O–H groups in total. The molecule has 0 aromatic carbocycles. The van der Waals surface area contributed by atoms with Gasteiger partial charge in [-0.15, -0.1) is 0 Å². The van der Waals surface area contributed by atoms with Crippen LogP contribution in [-0.2, 0) is 24.0 Å². The Morgan fingerprint density at radius 3 is 2.05 bits per heavy atom. The third-order valence-electron chi connectivity index (χ3n) is 10.1. The second kappa shape index (κ2) is 10.9. The first-order chi connectivity index (χ1) is 19.0. The summed E-state index contributed by atoms with van der Waals surface area (Å²) in [6, 6.07) is -3.71. The van der Waals surface area contributed by atoms with Gasteiger partial charge in [0.1, 0.15) is 23.7 Å². The number of nitrogens with one attached hydrogen (secondary N) is 3. The number of carbonyl (C=O) groups is 6. The van der Waals surface area contributed by atoms with Crippen LogP contribution in [0.15, 0.2) is 0 Å². The van der Waals surface area contributed by atoms with Gasteiger partial charge >= 0.3 is 12.0 Å². The first-order valence-corrected chi connectivity index (χ1v) is 14.8. The third-order valence-corrected chi connectivity index (χ3v) is 10.1. The van der Waals surface area contributed by atoms with Crippen molar-refractivity contribution in [3.63, 3.8) is 0 Å². The third kappa shape index (κ3) is 5.79. The summed E-state index contributed by atoms with van der Waals surface area (Å²) in [5.41, 5.74) is 2.92. The molecule has 0 spiro atoms. The molecule has 1 unspecified atom stereocenters. The highest BCUT2D eigenvalue weighted by Gasteiger charge is 2.70. The van der Waals surface area contributed by atoms with Gasteiger partial charge in [-0.25, -0.2) is 9.59 Å². The Morgan fingerprint density at radius 2 is 1.56 bits per heavy atom. The number of rotatable bonds is 9. The van der Waals surface area contributed by atoms with Crippen LogP contribution >= 0.6 is 0 Å². The molecule has 1 heterocycles. The largest absolute Gasteiger partial charge is 0.480 e. The summed E-state index contributed by atoms with van der Waals surface area (Å²) < 4.78 is 0. The summed E-state index contributed by atoms with van der Waals surface area (Å²) in [5.74, 6) is -4.28. The van der Waals surface area contributed by atoms with E-state index < -0.39 is 64.6 Å². The van der Waals surface area contributed by atoms with Crippen molar-refractivity contribution in [3.05, 3.63) is 0 Å². The van der Waals surface area contributed by atoms with Crippen molar-refractivity contribution in [2.45, 2.75) is 110 Å². The number of carboxylic acid groups (broad SMARTS) is 1. The van der Waals surface area contributed by atoms with E-state index in [2.05, 4.69) is 16.0 Å². The van der Waals surface area contributed by atoms with Crippen molar-refractivity contribution in [2.75, 3.05) is 6.54 Å². The number of carboxylic acids is 1. The minimum Gasteiger partial charge on any atom is -0.480 e. The summed E-state index contributed by atoms with van der Waals surface area (Å²) in [7, 11) is 0. The van der Waals surface area contributed by atoms with Gasteiger partial charge in [0.25, 0.3) is 5.91 Å². The van der Waals surface area contributed by atoms with Crippen LogP contribution in [0.25, 0.3) is 0 Å². The maximum absolute atomic E-state index is 14.1. The minimum atomic E-state index is -1.39. The molecule has 5 amide bonds. The molecule has 12 nitrogen and oxygen atoms in total. The number of nitrogens with two attached hydrogens (primary N) is 1. The second-order valence-electron chi connectivity index (χ2n) is 14.1. The number of carbonyl (C=O) groups excluding carboxylic acids is 5. The zero-order chi connectivity index (χ0) is 30.5. The van der Waals surface area contributed by atoms with Crippen LogP contribution in [-0.4, -0.2) is 75.7 Å². The lowest BCUT2D eigenvalue weighted by atomic mass is 9.78. The van der Waals surface area contributed by atoms with Crippen molar-refractivity contribution in [1.82, 2.24) is 20.9 Å². The molecule has 228 valence electrons. The first-order valence-electron chi connectivity index (χ1n) is 14.8. The Labute approximate surface area is 240 Å². The summed E-state index contributed by atoms with van der Waals surface area (Å²) >= 11 is 0. The molecule has 12 heteroatoms. The minimum absolute atomic E-state index is 0.0585. The zero-order valence-corrected chi connectivity index (χ0v) is 24.7. The average Bonchev–Trinajstić information content (AvgIpc) is 3.18. The number of piperidine rings is 1. The van der Waals surface area contributed by atoms with E-state index in [1.165, 1.54) is 4.90 Å². The fourth-order valence-corrected chi connectivity index (χ4v) is 7.12. The van der Waals surface area contributed by atoms with Gasteiger partial charge in [0, 0.05) is 6.54 Å². The molecule has 1 aliphatic heterocycles. The van der Waals surface area contributed by atoms with Crippen molar-refractivity contribution < 1.29 is 33.9 Å². The number of Topliss-reactive ketones (excluding diaryl/α,β-unsaturated/α-hetero) is 1. The van der Waals surface area contributed by atoms with Crippen molar-refractivity contribution in [2.24, 2.45) is 34.3 Å². The first kappa shape index (κ1) is 30.8. The molecule has 4 fully saturated rings. The molecule has 4 aliphatic rings. The Kier molecular flexibility index (Phi) is 8.18. The quantitative estimate of drug-likeness (QED) is 0.256. The number of nitrogens with zero attached hydrogens (tertiary/aromatic N) is 1. The molecule has 41 heavy (non-hydrogen) atoms. The Morgan fingerprint density at radius 1 is 0.951 bits per heavy atom. The molecular weight excluding hydrogens is 530 g/mol. The van der Waals surface area contributed by atoms with Gasteiger partial charge in [-0.05, 0) is 54.3 Å². The monoisotopic (exact) mass is 575 g/mol. The summed E-state index contributed by atoms with van der Waals surface area (Å²) in [4.78, 5) is 78.9. The number of fused-ring (bicyclic) bond motifs is 1. The van der Waals surface area contributed by atoms with Crippen molar-refractivity contribution in [1.29, 1.82) is 0 Å².